The van der Waals surface area contributed by atoms with Gasteiger partial charge in [-0.05, 0) is 39.0 Å². The Labute approximate surface area is 112 Å². The van der Waals surface area contributed by atoms with Crippen LogP contribution in [-0.4, -0.2) is 11.6 Å². The molecule has 2 heterocycles. The largest absolute Gasteiger partial charge is 0.478 e. The molecule has 1 N–H and O–H groups in total. The van der Waals surface area contributed by atoms with Crippen molar-refractivity contribution >= 4 is 17.0 Å². The van der Waals surface area contributed by atoms with E-state index in [0.29, 0.717) is 18.5 Å². The first-order valence-corrected chi connectivity index (χ1v) is 6.92. The van der Waals surface area contributed by atoms with Gasteiger partial charge in [0.2, 0.25) is 5.88 Å². The van der Waals surface area contributed by atoms with Crippen LogP contribution < -0.4 is 10.1 Å². The van der Waals surface area contributed by atoms with E-state index in [-0.39, 0.29) is 0 Å². The minimum atomic E-state index is 0.295. The quantitative estimate of drug-likeness (QED) is 0.883. The third-order valence-electron chi connectivity index (χ3n) is 2.60. The number of hydrogen-bond acceptors (Lipinski definition) is 4. The lowest BCUT2D eigenvalue weighted by molar-refractivity contribution is 0.327. The molecule has 0 radical (unpaired) electrons. The second-order valence-electron chi connectivity index (χ2n) is 4.13. The van der Waals surface area contributed by atoms with E-state index < -0.39 is 0 Å². The van der Waals surface area contributed by atoms with Crippen molar-refractivity contribution in [2.75, 3.05) is 11.9 Å². The molecule has 0 amide bonds. The average molecular weight is 262 g/mol. The van der Waals surface area contributed by atoms with Gasteiger partial charge in [0.05, 0.1) is 24.5 Å². The minimum absolute atomic E-state index is 0.295. The fourth-order valence-electron chi connectivity index (χ4n) is 1.71. The lowest BCUT2D eigenvalue weighted by Gasteiger charge is -2.13. The summed E-state index contributed by atoms with van der Waals surface area (Å²) in [6.07, 6.45) is 1.81. The van der Waals surface area contributed by atoms with Gasteiger partial charge in [-0.1, -0.05) is 0 Å². The zero-order valence-electron chi connectivity index (χ0n) is 10.9. The van der Waals surface area contributed by atoms with Crippen molar-refractivity contribution in [2.24, 2.45) is 0 Å². The molecule has 0 aromatic carbocycles. The van der Waals surface area contributed by atoms with Crippen LogP contribution in [0.5, 0.6) is 5.88 Å². The Hall–Kier alpha value is -1.55. The number of nitrogens with one attached hydrogen (secondary N) is 1. The standard InChI is InChI=1S/C14H18N2OS/c1-4-17-14-8-6-12(9-15-14)16-11(3)13-7-5-10(2)18-13/h5-9,11,16H,4H2,1-3H3. The van der Waals surface area contributed by atoms with Crippen LogP contribution in [-0.2, 0) is 0 Å². The highest BCUT2D eigenvalue weighted by atomic mass is 32.1. The average Bonchev–Trinajstić information content (AvgIpc) is 2.79. The molecule has 18 heavy (non-hydrogen) atoms. The highest BCUT2D eigenvalue weighted by molar-refractivity contribution is 7.12. The van der Waals surface area contributed by atoms with Crippen LogP contribution in [0, 0.1) is 6.92 Å². The highest BCUT2D eigenvalue weighted by Crippen LogP contribution is 2.25. The molecule has 0 saturated heterocycles. The van der Waals surface area contributed by atoms with Gasteiger partial charge in [-0.15, -0.1) is 11.3 Å². The van der Waals surface area contributed by atoms with E-state index in [9.17, 15) is 0 Å². The van der Waals surface area contributed by atoms with Crippen LogP contribution in [0.15, 0.2) is 30.5 Å². The number of aromatic nitrogens is 1. The van der Waals surface area contributed by atoms with Crippen molar-refractivity contribution in [1.29, 1.82) is 0 Å². The monoisotopic (exact) mass is 262 g/mol. The maximum absolute atomic E-state index is 5.32. The Balaban J connectivity index is 2.00. The van der Waals surface area contributed by atoms with Gasteiger partial charge in [0, 0.05) is 15.8 Å². The van der Waals surface area contributed by atoms with Gasteiger partial charge < -0.3 is 10.1 Å². The number of nitrogens with zero attached hydrogens (tertiary/aromatic N) is 1. The molecular formula is C14H18N2OS. The second kappa shape index (κ2) is 5.87. The number of rotatable bonds is 5. The summed E-state index contributed by atoms with van der Waals surface area (Å²) in [5.74, 6) is 0.669. The van der Waals surface area contributed by atoms with Crippen LogP contribution in [0.4, 0.5) is 5.69 Å². The molecule has 0 spiro atoms. The van der Waals surface area contributed by atoms with Crippen molar-refractivity contribution in [3.05, 3.63) is 40.2 Å². The molecule has 0 aliphatic carbocycles. The fraction of sp³-hybridized carbons (Fsp3) is 0.357. The van der Waals surface area contributed by atoms with E-state index in [4.69, 9.17) is 4.74 Å². The van der Waals surface area contributed by atoms with Gasteiger partial charge in [0.1, 0.15) is 0 Å². The summed E-state index contributed by atoms with van der Waals surface area (Å²) in [7, 11) is 0. The van der Waals surface area contributed by atoms with E-state index in [1.165, 1.54) is 9.75 Å². The molecule has 2 aromatic heterocycles. The number of anilines is 1. The molecule has 0 aliphatic rings. The maximum Gasteiger partial charge on any atom is 0.213 e. The Morgan fingerprint density at radius 2 is 2.17 bits per heavy atom. The molecule has 4 heteroatoms. The van der Waals surface area contributed by atoms with Gasteiger partial charge in [-0.25, -0.2) is 4.98 Å². The highest BCUT2D eigenvalue weighted by Gasteiger charge is 2.07. The first kappa shape index (κ1) is 12.9. The van der Waals surface area contributed by atoms with E-state index in [2.05, 4.69) is 36.3 Å². The van der Waals surface area contributed by atoms with Crippen molar-refractivity contribution in [2.45, 2.75) is 26.8 Å². The molecular weight excluding hydrogens is 244 g/mol. The second-order valence-corrected chi connectivity index (χ2v) is 5.45. The third-order valence-corrected chi connectivity index (χ3v) is 3.78. The predicted octanol–water partition coefficient (Wildman–Crippen LogP) is 4.02. The molecule has 1 atom stereocenters. The molecule has 2 aromatic rings. The SMILES string of the molecule is CCOc1ccc(NC(C)c2ccc(C)s2)cn1. The summed E-state index contributed by atoms with van der Waals surface area (Å²) in [6.45, 7) is 6.88. The normalized spacial score (nSPS) is 12.2. The zero-order chi connectivity index (χ0) is 13.0. The summed E-state index contributed by atoms with van der Waals surface area (Å²) in [6, 6.07) is 8.49. The van der Waals surface area contributed by atoms with Crippen LogP contribution in [0.1, 0.15) is 29.6 Å². The molecule has 2 rings (SSSR count). The van der Waals surface area contributed by atoms with Gasteiger partial charge in [0.25, 0.3) is 0 Å². The number of thiophene rings is 1. The van der Waals surface area contributed by atoms with Gasteiger partial charge in [0.15, 0.2) is 0 Å². The summed E-state index contributed by atoms with van der Waals surface area (Å²) >= 11 is 1.82. The summed E-state index contributed by atoms with van der Waals surface area (Å²) < 4.78 is 5.32. The number of aryl methyl sites for hydroxylation is 1. The van der Waals surface area contributed by atoms with Crippen LogP contribution in [0.2, 0.25) is 0 Å². The Morgan fingerprint density at radius 1 is 1.33 bits per heavy atom. The lowest BCUT2D eigenvalue weighted by atomic mass is 10.2. The van der Waals surface area contributed by atoms with E-state index >= 15 is 0 Å². The number of pyridine rings is 1. The molecule has 96 valence electrons. The van der Waals surface area contributed by atoms with Crippen LogP contribution >= 0.6 is 11.3 Å². The first-order chi connectivity index (χ1) is 8.69. The van der Waals surface area contributed by atoms with Crippen molar-refractivity contribution in [3.63, 3.8) is 0 Å². The van der Waals surface area contributed by atoms with Crippen molar-refractivity contribution < 1.29 is 4.74 Å². The lowest BCUT2D eigenvalue weighted by Crippen LogP contribution is -2.05. The molecule has 0 saturated carbocycles. The molecule has 0 bridgehead atoms. The number of ether oxygens (including phenoxy) is 1. The first-order valence-electron chi connectivity index (χ1n) is 6.10. The predicted molar refractivity (Wildman–Crippen MR) is 76.5 cm³/mol. The molecule has 0 aliphatic heterocycles. The van der Waals surface area contributed by atoms with Gasteiger partial charge in [-0.3, -0.25) is 0 Å². The summed E-state index contributed by atoms with van der Waals surface area (Å²) in [5, 5.41) is 3.43. The third kappa shape index (κ3) is 3.23. The van der Waals surface area contributed by atoms with Gasteiger partial charge in [-0.2, -0.15) is 0 Å². The van der Waals surface area contributed by atoms with Crippen LogP contribution in [0.25, 0.3) is 0 Å². The molecule has 1 unspecified atom stereocenters. The topological polar surface area (TPSA) is 34.1 Å². The zero-order valence-corrected chi connectivity index (χ0v) is 11.8. The Morgan fingerprint density at radius 3 is 2.72 bits per heavy atom. The number of hydrogen-bond donors (Lipinski definition) is 1. The van der Waals surface area contributed by atoms with E-state index in [0.717, 1.165) is 5.69 Å². The smallest absolute Gasteiger partial charge is 0.213 e. The Kier molecular flexibility index (Phi) is 4.20. The minimum Gasteiger partial charge on any atom is -0.478 e. The van der Waals surface area contributed by atoms with Crippen molar-refractivity contribution in [1.82, 2.24) is 4.98 Å². The summed E-state index contributed by atoms with van der Waals surface area (Å²) in [5.41, 5.74) is 1.01. The fourth-order valence-corrected chi connectivity index (χ4v) is 2.59. The maximum atomic E-state index is 5.32. The molecule has 0 fully saturated rings. The molecule has 3 nitrogen and oxygen atoms in total. The van der Waals surface area contributed by atoms with E-state index in [1.807, 2.05) is 36.6 Å². The van der Waals surface area contributed by atoms with E-state index in [1.54, 1.807) is 0 Å². The Bertz CT molecular complexity index is 493. The van der Waals surface area contributed by atoms with Gasteiger partial charge >= 0.3 is 0 Å². The van der Waals surface area contributed by atoms with Crippen molar-refractivity contribution in [3.8, 4) is 5.88 Å². The summed E-state index contributed by atoms with van der Waals surface area (Å²) in [4.78, 5) is 6.91. The van der Waals surface area contributed by atoms with Crippen LogP contribution in [0.3, 0.4) is 0 Å².